The lowest BCUT2D eigenvalue weighted by atomic mass is 10.0. The molecule has 0 fully saturated rings. The molecule has 0 aliphatic heterocycles. The van der Waals surface area contributed by atoms with Gasteiger partial charge in [0.15, 0.2) is 0 Å². The van der Waals surface area contributed by atoms with Crippen LogP contribution in [0, 0.1) is 5.82 Å². The first-order valence-corrected chi connectivity index (χ1v) is 7.37. The molecule has 2 aromatic carbocycles. The van der Waals surface area contributed by atoms with Crippen molar-refractivity contribution in [2.24, 2.45) is 0 Å². The second kappa shape index (κ2) is 7.92. The van der Waals surface area contributed by atoms with Crippen LogP contribution in [-0.4, -0.2) is 17.6 Å². The zero-order valence-electron chi connectivity index (χ0n) is 11.9. The molecule has 116 valence electrons. The molecular weight excluding hydrogens is 305 g/mol. The van der Waals surface area contributed by atoms with Crippen molar-refractivity contribution in [1.29, 1.82) is 0 Å². The smallest absolute Gasteiger partial charge is 0.224 e. The van der Waals surface area contributed by atoms with E-state index >= 15 is 0 Å². The Morgan fingerprint density at radius 1 is 1.23 bits per heavy atom. The number of rotatable bonds is 6. The van der Waals surface area contributed by atoms with Gasteiger partial charge in [0.2, 0.25) is 5.91 Å². The first-order valence-electron chi connectivity index (χ1n) is 6.99. The molecule has 0 spiro atoms. The number of aliphatic hydroxyl groups is 1. The summed E-state index contributed by atoms with van der Waals surface area (Å²) in [6.07, 6.45) is 0.487. The van der Waals surface area contributed by atoms with Gasteiger partial charge in [0.05, 0.1) is 12.5 Å². The summed E-state index contributed by atoms with van der Waals surface area (Å²) in [6, 6.07) is 13.1. The van der Waals surface area contributed by atoms with Crippen molar-refractivity contribution < 1.29 is 14.3 Å². The van der Waals surface area contributed by atoms with Crippen molar-refractivity contribution >= 4 is 17.5 Å². The molecule has 0 saturated carbocycles. The molecule has 5 heteroatoms. The van der Waals surface area contributed by atoms with Crippen LogP contribution in [0.2, 0.25) is 5.02 Å². The molecule has 0 saturated heterocycles. The Bertz CT molecular complexity index is 634. The Balaban J connectivity index is 2.05. The van der Waals surface area contributed by atoms with Gasteiger partial charge in [-0.05, 0) is 29.7 Å². The van der Waals surface area contributed by atoms with Crippen molar-refractivity contribution in [3.63, 3.8) is 0 Å². The fourth-order valence-corrected chi connectivity index (χ4v) is 2.45. The number of aliphatic hydroxyl groups excluding tert-OH is 1. The predicted molar refractivity (Wildman–Crippen MR) is 84.1 cm³/mol. The van der Waals surface area contributed by atoms with Crippen LogP contribution in [0.4, 0.5) is 4.39 Å². The van der Waals surface area contributed by atoms with Gasteiger partial charge in [-0.3, -0.25) is 4.79 Å². The highest BCUT2D eigenvalue weighted by molar-refractivity contribution is 6.31. The number of carbonyl (C=O) groups excluding carboxylic acids is 1. The Morgan fingerprint density at radius 3 is 2.59 bits per heavy atom. The van der Waals surface area contributed by atoms with Crippen LogP contribution in [0.15, 0.2) is 48.5 Å². The van der Waals surface area contributed by atoms with Gasteiger partial charge in [0.25, 0.3) is 0 Å². The molecule has 1 amide bonds. The normalized spacial score (nSPS) is 12.0. The third kappa shape index (κ3) is 4.55. The summed E-state index contributed by atoms with van der Waals surface area (Å²) in [5.41, 5.74) is 1.49. The van der Waals surface area contributed by atoms with E-state index in [9.17, 15) is 9.18 Å². The van der Waals surface area contributed by atoms with Crippen molar-refractivity contribution in [3.05, 3.63) is 70.5 Å². The SMILES string of the molecule is O=C(Cc1ccc(F)cc1Cl)NC(CCO)c1ccccc1. The number of amides is 1. The first-order chi connectivity index (χ1) is 10.6. The molecule has 2 rings (SSSR count). The minimum absolute atomic E-state index is 0.0306. The highest BCUT2D eigenvalue weighted by Gasteiger charge is 2.15. The molecule has 2 N–H and O–H groups in total. The van der Waals surface area contributed by atoms with E-state index in [1.54, 1.807) is 0 Å². The van der Waals surface area contributed by atoms with E-state index in [2.05, 4.69) is 5.32 Å². The lowest BCUT2D eigenvalue weighted by Gasteiger charge is -2.18. The van der Waals surface area contributed by atoms with Crippen LogP contribution in [0.5, 0.6) is 0 Å². The Labute approximate surface area is 133 Å². The molecule has 0 heterocycles. The van der Waals surface area contributed by atoms with Gasteiger partial charge < -0.3 is 10.4 Å². The molecule has 0 bridgehead atoms. The molecule has 1 atom stereocenters. The van der Waals surface area contributed by atoms with E-state index in [-0.39, 0.29) is 30.0 Å². The van der Waals surface area contributed by atoms with Crippen molar-refractivity contribution in [3.8, 4) is 0 Å². The quantitative estimate of drug-likeness (QED) is 0.858. The molecule has 0 aliphatic carbocycles. The Kier molecular flexibility index (Phi) is 5.92. The number of carbonyl (C=O) groups is 1. The van der Waals surface area contributed by atoms with E-state index in [0.29, 0.717) is 12.0 Å². The summed E-state index contributed by atoms with van der Waals surface area (Å²) in [5, 5.41) is 12.3. The van der Waals surface area contributed by atoms with Crippen molar-refractivity contribution in [2.75, 3.05) is 6.61 Å². The summed E-state index contributed by atoms with van der Waals surface area (Å²) >= 11 is 5.93. The lowest BCUT2D eigenvalue weighted by molar-refractivity contribution is -0.121. The minimum atomic E-state index is -0.434. The van der Waals surface area contributed by atoms with Gasteiger partial charge in [-0.15, -0.1) is 0 Å². The first kappa shape index (κ1) is 16.5. The molecular formula is C17H17ClFNO2. The van der Waals surface area contributed by atoms with E-state index in [4.69, 9.17) is 16.7 Å². The summed E-state index contributed by atoms with van der Waals surface area (Å²) in [6.45, 7) is -0.0306. The zero-order valence-corrected chi connectivity index (χ0v) is 12.7. The molecule has 0 aromatic heterocycles. The number of nitrogens with one attached hydrogen (secondary N) is 1. The van der Waals surface area contributed by atoms with Crippen LogP contribution in [0.1, 0.15) is 23.6 Å². The molecule has 22 heavy (non-hydrogen) atoms. The number of halogens is 2. The van der Waals surface area contributed by atoms with Crippen LogP contribution in [0.25, 0.3) is 0 Å². The lowest BCUT2D eigenvalue weighted by Crippen LogP contribution is -2.30. The molecule has 2 aromatic rings. The number of hydrogen-bond donors (Lipinski definition) is 2. The minimum Gasteiger partial charge on any atom is -0.396 e. The summed E-state index contributed by atoms with van der Waals surface area (Å²) in [4.78, 5) is 12.2. The average molecular weight is 322 g/mol. The van der Waals surface area contributed by atoms with Gasteiger partial charge >= 0.3 is 0 Å². The maximum absolute atomic E-state index is 13.0. The Hall–Kier alpha value is -1.91. The van der Waals surface area contributed by atoms with E-state index in [0.717, 1.165) is 5.56 Å². The van der Waals surface area contributed by atoms with Crippen LogP contribution >= 0.6 is 11.6 Å². The predicted octanol–water partition coefficient (Wildman–Crippen LogP) is 3.26. The van der Waals surface area contributed by atoms with Gasteiger partial charge in [0, 0.05) is 11.6 Å². The van der Waals surface area contributed by atoms with E-state index in [1.807, 2.05) is 30.3 Å². The molecule has 0 aliphatic rings. The van der Waals surface area contributed by atoms with Gasteiger partial charge in [-0.1, -0.05) is 48.0 Å². The summed E-state index contributed by atoms with van der Waals surface area (Å²) in [7, 11) is 0. The summed E-state index contributed by atoms with van der Waals surface area (Å²) in [5.74, 6) is -0.660. The monoisotopic (exact) mass is 321 g/mol. The van der Waals surface area contributed by atoms with Gasteiger partial charge in [-0.2, -0.15) is 0 Å². The second-order valence-corrected chi connectivity index (χ2v) is 5.36. The maximum Gasteiger partial charge on any atom is 0.224 e. The third-order valence-electron chi connectivity index (χ3n) is 3.32. The van der Waals surface area contributed by atoms with E-state index < -0.39 is 5.82 Å². The topological polar surface area (TPSA) is 49.3 Å². The zero-order chi connectivity index (χ0) is 15.9. The standard InChI is InChI=1S/C17H17ClFNO2/c18-15-11-14(19)7-6-13(15)10-17(22)20-16(8-9-21)12-4-2-1-3-5-12/h1-7,11,16,21H,8-10H2,(H,20,22). The largest absolute Gasteiger partial charge is 0.396 e. The number of benzene rings is 2. The number of hydrogen-bond acceptors (Lipinski definition) is 2. The van der Waals surface area contributed by atoms with E-state index in [1.165, 1.54) is 18.2 Å². The van der Waals surface area contributed by atoms with Crippen molar-refractivity contribution in [1.82, 2.24) is 5.32 Å². The van der Waals surface area contributed by atoms with Crippen LogP contribution in [0.3, 0.4) is 0 Å². The van der Waals surface area contributed by atoms with Crippen molar-refractivity contribution in [2.45, 2.75) is 18.9 Å². The fourth-order valence-electron chi connectivity index (χ4n) is 2.22. The maximum atomic E-state index is 13.0. The fraction of sp³-hybridized carbons (Fsp3) is 0.235. The van der Waals surface area contributed by atoms with Crippen LogP contribution < -0.4 is 5.32 Å². The second-order valence-electron chi connectivity index (χ2n) is 4.96. The molecule has 0 radical (unpaired) electrons. The third-order valence-corrected chi connectivity index (χ3v) is 3.67. The van der Waals surface area contributed by atoms with Crippen LogP contribution in [-0.2, 0) is 11.2 Å². The van der Waals surface area contributed by atoms with Gasteiger partial charge in [0.1, 0.15) is 5.82 Å². The Morgan fingerprint density at radius 2 is 1.95 bits per heavy atom. The molecule has 1 unspecified atom stereocenters. The average Bonchev–Trinajstić information content (AvgIpc) is 2.50. The highest BCUT2D eigenvalue weighted by atomic mass is 35.5. The molecule has 3 nitrogen and oxygen atoms in total. The summed E-state index contributed by atoms with van der Waals surface area (Å²) < 4.78 is 13.0. The van der Waals surface area contributed by atoms with Gasteiger partial charge in [-0.25, -0.2) is 4.39 Å². The highest BCUT2D eigenvalue weighted by Crippen LogP contribution is 2.19.